The number of hydrogen-bond acceptors (Lipinski definition) is 7. The van der Waals surface area contributed by atoms with Gasteiger partial charge in [0.05, 0.1) is 5.56 Å². The van der Waals surface area contributed by atoms with Crippen molar-refractivity contribution in [2.75, 3.05) is 13.1 Å². The van der Waals surface area contributed by atoms with E-state index in [9.17, 15) is 14.7 Å². The number of nitrogens with zero attached hydrogens (tertiary/aromatic N) is 3. The standard InChI is InChI=1S/C21H21N5O3S/c22-9-13-4-6-14(7-5-13)12-30-21-24-18(17-10-23-11-17)25-26(21)19(27)15-2-1-3-16(8-15)20(28)29/h1-8,17,23H,9-12,22H2,(H,28,29). The van der Waals surface area contributed by atoms with E-state index in [4.69, 9.17) is 5.73 Å². The van der Waals surface area contributed by atoms with Crippen molar-refractivity contribution in [3.8, 4) is 0 Å². The number of carboxylic acid groups (broad SMARTS) is 1. The van der Waals surface area contributed by atoms with Crippen molar-refractivity contribution in [3.05, 3.63) is 76.6 Å². The highest BCUT2D eigenvalue weighted by Gasteiger charge is 2.27. The van der Waals surface area contributed by atoms with Crippen molar-refractivity contribution in [1.29, 1.82) is 0 Å². The van der Waals surface area contributed by atoms with Gasteiger partial charge in [-0.3, -0.25) is 4.79 Å². The predicted molar refractivity (Wildman–Crippen MR) is 113 cm³/mol. The minimum absolute atomic E-state index is 0.0542. The molecule has 0 radical (unpaired) electrons. The highest BCUT2D eigenvalue weighted by molar-refractivity contribution is 7.98. The number of aromatic carboxylic acids is 1. The fraction of sp³-hybridized carbons (Fsp3) is 0.238. The van der Waals surface area contributed by atoms with E-state index in [-0.39, 0.29) is 17.0 Å². The normalized spacial score (nSPS) is 13.8. The first-order valence-corrected chi connectivity index (χ1v) is 10.5. The second kappa shape index (κ2) is 8.78. The van der Waals surface area contributed by atoms with Gasteiger partial charge in [-0.15, -0.1) is 5.10 Å². The summed E-state index contributed by atoms with van der Waals surface area (Å²) in [7, 11) is 0. The Balaban J connectivity index is 1.60. The first kappa shape index (κ1) is 20.3. The molecule has 3 aromatic rings. The summed E-state index contributed by atoms with van der Waals surface area (Å²) in [6, 6.07) is 13.9. The maximum absolute atomic E-state index is 13.1. The maximum atomic E-state index is 13.1. The van der Waals surface area contributed by atoms with Gasteiger partial charge in [0.15, 0.2) is 11.0 Å². The van der Waals surface area contributed by atoms with Crippen molar-refractivity contribution in [2.45, 2.75) is 23.4 Å². The van der Waals surface area contributed by atoms with Crippen LogP contribution < -0.4 is 11.1 Å². The molecule has 4 rings (SSSR count). The molecular formula is C21H21N5O3S. The minimum Gasteiger partial charge on any atom is -0.478 e. The van der Waals surface area contributed by atoms with Crippen molar-refractivity contribution in [3.63, 3.8) is 0 Å². The number of aromatic nitrogens is 3. The molecule has 0 amide bonds. The summed E-state index contributed by atoms with van der Waals surface area (Å²) < 4.78 is 1.29. The van der Waals surface area contributed by atoms with E-state index in [1.807, 2.05) is 24.3 Å². The van der Waals surface area contributed by atoms with Crippen molar-refractivity contribution in [1.82, 2.24) is 20.1 Å². The molecule has 1 aromatic heterocycles. The third kappa shape index (κ3) is 4.28. The van der Waals surface area contributed by atoms with E-state index in [1.54, 1.807) is 12.1 Å². The van der Waals surface area contributed by atoms with Gasteiger partial charge < -0.3 is 16.2 Å². The summed E-state index contributed by atoms with van der Waals surface area (Å²) >= 11 is 1.42. The number of nitrogens with one attached hydrogen (secondary N) is 1. The monoisotopic (exact) mass is 423 g/mol. The van der Waals surface area contributed by atoms with Crippen LogP contribution in [0.4, 0.5) is 0 Å². The van der Waals surface area contributed by atoms with Crippen LogP contribution in [0.2, 0.25) is 0 Å². The summed E-state index contributed by atoms with van der Waals surface area (Å²) in [5.74, 6) is -0.0656. The van der Waals surface area contributed by atoms with Crippen LogP contribution in [-0.2, 0) is 12.3 Å². The number of benzene rings is 2. The molecule has 154 valence electrons. The molecule has 0 atom stereocenters. The molecule has 2 aromatic carbocycles. The van der Waals surface area contributed by atoms with Crippen LogP contribution >= 0.6 is 11.8 Å². The Bertz CT molecular complexity index is 1080. The first-order chi connectivity index (χ1) is 14.5. The van der Waals surface area contributed by atoms with Gasteiger partial charge >= 0.3 is 5.97 Å². The Morgan fingerprint density at radius 3 is 2.47 bits per heavy atom. The fourth-order valence-corrected chi connectivity index (χ4v) is 3.90. The van der Waals surface area contributed by atoms with Gasteiger partial charge in [-0.1, -0.05) is 42.1 Å². The largest absolute Gasteiger partial charge is 0.478 e. The number of hydrogen-bond donors (Lipinski definition) is 3. The molecule has 0 spiro atoms. The SMILES string of the molecule is NCc1ccc(CSc2nc(C3CNC3)nn2C(=O)c2cccc(C(=O)O)c2)cc1. The van der Waals surface area contributed by atoms with Crippen LogP contribution in [0.1, 0.15) is 43.6 Å². The smallest absolute Gasteiger partial charge is 0.335 e. The molecule has 0 bridgehead atoms. The van der Waals surface area contributed by atoms with Crippen LogP contribution in [0, 0.1) is 0 Å². The lowest BCUT2D eigenvalue weighted by atomic mass is 10.0. The zero-order valence-electron chi connectivity index (χ0n) is 16.1. The van der Waals surface area contributed by atoms with E-state index < -0.39 is 11.9 Å². The zero-order chi connectivity index (χ0) is 21.1. The lowest BCUT2D eigenvalue weighted by Crippen LogP contribution is -2.40. The minimum atomic E-state index is -1.08. The maximum Gasteiger partial charge on any atom is 0.335 e. The molecule has 9 heteroatoms. The summed E-state index contributed by atoms with van der Waals surface area (Å²) in [6.45, 7) is 2.04. The Labute approximate surface area is 177 Å². The van der Waals surface area contributed by atoms with Crippen LogP contribution in [0.25, 0.3) is 0 Å². The van der Waals surface area contributed by atoms with Gasteiger partial charge in [0.25, 0.3) is 5.91 Å². The second-order valence-electron chi connectivity index (χ2n) is 7.02. The lowest BCUT2D eigenvalue weighted by molar-refractivity contribution is 0.0697. The van der Waals surface area contributed by atoms with Crippen molar-refractivity contribution in [2.24, 2.45) is 5.73 Å². The molecule has 0 unspecified atom stereocenters. The molecular weight excluding hydrogens is 402 g/mol. The van der Waals surface area contributed by atoms with E-state index in [2.05, 4.69) is 15.4 Å². The molecule has 4 N–H and O–H groups in total. The summed E-state index contributed by atoms with van der Waals surface area (Å²) in [5.41, 5.74) is 8.10. The molecule has 1 fully saturated rings. The summed E-state index contributed by atoms with van der Waals surface area (Å²) in [6.07, 6.45) is 0. The number of rotatable bonds is 7. The average molecular weight is 423 g/mol. The van der Waals surface area contributed by atoms with Crippen molar-refractivity contribution < 1.29 is 14.7 Å². The van der Waals surface area contributed by atoms with E-state index in [1.165, 1.54) is 28.6 Å². The summed E-state index contributed by atoms with van der Waals surface area (Å²) in [4.78, 5) is 29.0. The Morgan fingerprint density at radius 2 is 1.83 bits per heavy atom. The predicted octanol–water partition coefficient (Wildman–Crippen LogP) is 2.10. The highest BCUT2D eigenvalue weighted by Crippen LogP contribution is 2.26. The molecule has 1 aliphatic heterocycles. The number of carboxylic acids is 1. The molecule has 0 saturated carbocycles. The molecule has 2 heterocycles. The highest BCUT2D eigenvalue weighted by atomic mass is 32.2. The van der Waals surface area contributed by atoms with Crippen LogP contribution in [0.3, 0.4) is 0 Å². The number of carbonyl (C=O) groups is 2. The third-order valence-electron chi connectivity index (χ3n) is 4.92. The first-order valence-electron chi connectivity index (χ1n) is 9.51. The van der Waals surface area contributed by atoms with Gasteiger partial charge in [-0.2, -0.15) is 4.68 Å². The van der Waals surface area contributed by atoms with Gasteiger partial charge in [-0.05, 0) is 29.3 Å². The molecule has 0 aliphatic carbocycles. The fourth-order valence-electron chi connectivity index (χ4n) is 3.01. The van der Waals surface area contributed by atoms with Gasteiger partial charge in [0, 0.05) is 36.9 Å². The Kier molecular flexibility index (Phi) is 5.93. The molecule has 1 aliphatic rings. The average Bonchev–Trinajstić information content (AvgIpc) is 3.14. The number of thioether (sulfide) groups is 1. The summed E-state index contributed by atoms with van der Waals surface area (Å²) in [5, 5.41) is 17.3. The van der Waals surface area contributed by atoms with E-state index >= 15 is 0 Å². The third-order valence-corrected chi connectivity index (χ3v) is 5.92. The van der Waals surface area contributed by atoms with Gasteiger partial charge in [0.2, 0.25) is 0 Å². The molecule has 30 heavy (non-hydrogen) atoms. The quantitative estimate of drug-likeness (QED) is 0.494. The molecule has 1 saturated heterocycles. The van der Waals surface area contributed by atoms with Crippen LogP contribution in [-0.4, -0.2) is 44.8 Å². The van der Waals surface area contributed by atoms with Crippen LogP contribution in [0.15, 0.2) is 53.7 Å². The van der Waals surface area contributed by atoms with E-state index in [0.29, 0.717) is 23.3 Å². The second-order valence-corrected chi connectivity index (χ2v) is 7.96. The topological polar surface area (TPSA) is 123 Å². The lowest BCUT2D eigenvalue weighted by Gasteiger charge is -2.23. The zero-order valence-corrected chi connectivity index (χ0v) is 16.9. The number of carbonyl (C=O) groups excluding carboxylic acids is 1. The van der Waals surface area contributed by atoms with Gasteiger partial charge in [-0.25, -0.2) is 9.78 Å². The Hall–Kier alpha value is -3.01. The van der Waals surface area contributed by atoms with Gasteiger partial charge in [0.1, 0.15) is 0 Å². The number of nitrogens with two attached hydrogens (primary N) is 1. The Morgan fingerprint density at radius 1 is 1.13 bits per heavy atom. The van der Waals surface area contributed by atoms with Crippen molar-refractivity contribution >= 4 is 23.6 Å². The molecule has 8 nitrogen and oxygen atoms in total. The van der Waals surface area contributed by atoms with E-state index in [0.717, 1.165) is 24.2 Å². The van der Waals surface area contributed by atoms with Crippen LogP contribution in [0.5, 0.6) is 0 Å².